The van der Waals surface area contributed by atoms with Gasteiger partial charge in [-0.15, -0.1) is 0 Å². The van der Waals surface area contributed by atoms with Crippen molar-refractivity contribution in [1.82, 2.24) is 0 Å². The number of guanidine groups is 1. The number of aliphatic imine (C=N–C) groups is 1. The van der Waals surface area contributed by atoms with Crippen LogP contribution >= 0.6 is 0 Å². The smallest absolute Gasteiger partial charge is 0.185 e. The van der Waals surface area contributed by atoms with E-state index in [1.165, 1.54) is 5.56 Å². The van der Waals surface area contributed by atoms with Crippen molar-refractivity contribution in [2.24, 2.45) is 16.5 Å². The molecule has 4 nitrogen and oxygen atoms in total. The third-order valence-corrected chi connectivity index (χ3v) is 2.54. The predicted molar refractivity (Wildman–Crippen MR) is 66.7 cm³/mol. The molecule has 0 aliphatic heterocycles. The largest absolute Gasteiger partial charge is 0.497 e. The Bertz CT molecular complexity index is 342. The second kappa shape index (κ2) is 6.00. The van der Waals surface area contributed by atoms with Crippen LogP contribution in [0.4, 0.5) is 0 Å². The molecule has 4 N–H and O–H groups in total. The molecule has 0 saturated heterocycles. The molecule has 4 heteroatoms. The van der Waals surface area contributed by atoms with Crippen LogP contribution in [-0.4, -0.2) is 19.6 Å². The zero-order valence-electron chi connectivity index (χ0n) is 9.81. The molecule has 0 fully saturated rings. The van der Waals surface area contributed by atoms with Gasteiger partial charge in [0.05, 0.1) is 7.11 Å². The lowest BCUT2D eigenvalue weighted by Crippen LogP contribution is -2.23. The summed E-state index contributed by atoms with van der Waals surface area (Å²) >= 11 is 0. The minimum Gasteiger partial charge on any atom is -0.497 e. The van der Waals surface area contributed by atoms with Crippen molar-refractivity contribution in [3.05, 3.63) is 29.8 Å². The summed E-state index contributed by atoms with van der Waals surface area (Å²) in [4.78, 5) is 3.97. The van der Waals surface area contributed by atoms with E-state index in [4.69, 9.17) is 16.2 Å². The van der Waals surface area contributed by atoms with Gasteiger partial charge in [-0.25, -0.2) is 0 Å². The Morgan fingerprint density at radius 2 is 1.94 bits per heavy atom. The molecule has 0 amide bonds. The topological polar surface area (TPSA) is 73.6 Å². The molecule has 0 aliphatic carbocycles. The van der Waals surface area contributed by atoms with Gasteiger partial charge in [0.25, 0.3) is 0 Å². The van der Waals surface area contributed by atoms with E-state index >= 15 is 0 Å². The molecule has 16 heavy (non-hydrogen) atoms. The fourth-order valence-electron chi connectivity index (χ4n) is 1.49. The van der Waals surface area contributed by atoms with Gasteiger partial charge < -0.3 is 16.2 Å². The molecule has 88 valence electrons. The van der Waals surface area contributed by atoms with Crippen molar-refractivity contribution < 1.29 is 4.74 Å². The maximum Gasteiger partial charge on any atom is 0.185 e. The Labute approximate surface area is 96.3 Å². The summed E-state index contributed by atoms with van der Waals surface area (Å²) in [5.41, 5.74) is 11.8. The van der Waals surface area contributed by atoms with Crippen LogP contribution in [0.15, 0.2) is 29.3 Å². The van der Waals surface area contributed by atoms with Crippen LogP contribution in [-0.2, 0) is 0 Å². The van der Waals surface area contributed by atoms with E-state index in [-0.39, 0.29) is 5.96 Å². The Kier molecular flexibility index (Phi) is 4.64. The van der Waals surface area contributed by atoms with Crippen LogP contribution in [0.3, 0.4) is 0 Å². The second-order valence-electron chi connectivity index (χ2n) is 3.77. The minimum absolute atomic E-state index is 0.155. The zero-order valence-corrected chi connectivity index (χ0v) is 9.81. The number of hydrogen-bond acceptors (Lipinski definition) is 2. The lowest BCUT2D eigenvalue weighted by atomic mass is 9.98. The molecule has 0 bridgehead atoms. The maximum atomic E-state index is 5.27. The number of benzene rings is 1. The summed E-state index contributed by atoms with van der Waals surface area (Å²) in [5, 5.41) is 0. The van der Waals surface area contributed by atoms with E-state index in [1.54, 1.807) is 7.11 Å². The number of ether oxygens (including phenoxy) is 1. The van der Waals surface area contributed by atoms with Crippen LogP contribution in [0, 0.1) is 0 Å². The SMILES string of the molecule is COc1ccc(C(C)CCN=C(N)N)cc1. The first-order valence-corrected chi connectivity index (χ1v) is 5.33. The van der Waals surface area contributed by atoms with Crippen molar-refractivity contribution in [2.75, 3.05) is 13.7 Å². The van der Waals surface area contributed by atoms with Crippen LogP contribution in [0.5, 0.6) is 5.75 Å². The van der Waals surface area contributed by atoms with Crippen molar-refractivity contribution in [3.8, 4) is 5.75 Å². The average Bonchev–Trinajstić information content (AvgIpc) is 2.28. The average molecular weight is 221 g/mol. The predicted octanol–water partition coefficient (Wildman–Crippen LogP) is 1.46. The van der Waals surface area contributed by atoms with E-state index < -0.39 is 0 Å². The molecule has 1 aromatic carbocycles. The molecular formula is C12H19N3O. The quantitative estimate of drug-likeness (QED) is 0.584. The zero-order chi connectivity index (χ0) is 12.0. The molecule has 1 aromatic rings. The van der Waals surface area contributed by atoms with Crippen LogP contribution in [0.1, 0.15) is 24.8 Å². The number of rotatable bonds is 5. The molecule has 0 aliphatic rings. The fourth-order valence-corrected chi connectivity index (χ4v) is 1.49. The Morgan fingerprint density at radius 3 is 2.44 bits per heavy atom. The fraction of sp³-hybridized carbons (Fsp3) is 0.417. The standard InChI is InChI=1S/C12H19N3O/c1-9(7-8-15-12(13)14)10-3-5-11(16-2)6-4-10/h3-6,9H,7-8H2,1-2H3,(H4,13,14,15). The lowest BCUT2D eigenvalue weighted by molar-refractivity contribution is 0.414. The van der Waals surface area contributed by atoms with Gasteiger partial charge in [-0.3, -0.25) is 4.99 Å². The number of nitrogens with two attached hydrogens (primary N) is 2. The summed E-state index contributed by atoms with van der Waals surface area (Å²) in [6.07, 6.45) is 0.935. The molecule has 1 unspecified atom stereocenters. The maximum absolute atomic E-state index is 5.27. The van der Waals surface area contributed by atoms with E-state index in [9.17, 15) is 0 Å². The minimum atomic E-state index is 0.155. The second-order valence-corrected chi connectivity index (χ2v) is 3.77. The van der Waals surface area contributed by atoms with Crippen molar-refractivity contribution in [3.63, 3.8) is 0 Å². The molecule has 0 spiro atoms. The van der Waals surface area contributed by atoms with E-state index in [2.05, 4.69) is 24.0 Å². The summed E-state index contributed by atoms with van der Waals surface area (Å²) in [5.74, 6) is 1.47. The number of methoxy groups -OCH3 is 1. The van der Waals surface area contributed by atoms with Gasteiger partial charge in [0.15, 0.2) is 5.96 Å². The molecule has 0 aromatic heterocycles. The number of nitrogens with zero attached hydrogens (tertiary/aromatic N) is 1. The first kappa shape index (κ1) is 12.4. The molecule has 1 atom stereocenters. The monoisotopic (exact) mass is 221 g/mol. The highest BCUT2D eigenvalue weighted by Crippen LogP contribution is 2.21. The highest BCUT2D eigenvalue weighted by atomic mass is 16.5. The van der Waals surface area contributed by atoms with Crippen LogP contribution < -0.4 is 16.2 Å². The molecule has 0 saturated carbocycles. The third-order valence-electron chi connectivity index (χ3n) is 2.54. The molecule has 1 rings (SSSR count). The number of hydrogen-bond donors (Lipinski definition) is 2. The van der Waals surface area contributed by atoms with Gasteiger partial charge in [0.1, 0.15) is 5.75 Å². The lowest BCUT2D eigenvalue weighted by Gasteiger charge is -2.10. The summed E-state index contributed by atoms with van der Waals surface area (Å²) in [7, 11) is 1.66. The molecule has 0 radical (unpaired) electrons. The van der Waals surface area contributed by atoms with E-state index in [0.717, 1.165) is 12.2 Å². The van der Waals surface area contributed by atoms with Gasteiger partial charge in [-0.2, -0.15) is 0 Å². The summed E-state index contributed by atoms with van der Waals surface area (Å²) in [6.45, 7) is 2.82. The van der Waals surface area contributed by atoms with Crippen molar-refractivity contribution >= 4 is 5.96 Å². The van der Waals surface area contributed by atoms with Crippen molar-refractivity contribution in [2.45, 2.75) is 19.3 Å². The first-order chi connectivity index (χ1) is 7.63. The summed E-state index contributed by atoms with van der Waals surface area (Å²) < 4.78 is 5.11. The van der Waals surface area contributed by atoms with E-state index in [0.29, 0.717) is 12.5 Å². The first-order valence-electron chi connectivity index (χ1n) is 5.33. The normalized spacial score (nSPS) is 11.9. The van der Waals surface area contributed by atoms with Crippen LogP contribution in [0.2, 0.25) is 0 Å². The van der Waals surface area contributed by atoms with E-state index in [1.807, 2.05) is 12.1 Å². The highest BCUT2D eigenvalue weighted by Gasteiger charge is 2.04. The van der Waals surface area contributed by atoms with Gasteiger partial charge in [-0.1, -0.05) is 19.1 Å². The van der Waals surface area contributed by atoms with Gasteiger partial charge in [0.2, 0.25) is 0 Å². The molecular weight excluding hydrogens is 202 g/mol. The summed E-state index contributed by atoms with van der Waals surface area (Å²) in [6, 6.07) is 8.07. The third kappa shape index (κ3) is 3.81. The Morgan fingerprint density at radius 1 is 1.31 bits per heavy atom. The van der Waals surface area contributed by atoms with Crippen molar-refractivity contribution in [1.29, 1.82) is 0 Å². The van der Waals surface area contributed by atoms with Gasteiger partial charge >= 0.3 is 0 Å². The highest BCUT2D eigenvalue weighted by molar-refractivity contribution is 5.75. The molecule has 0 heterocycles. The van der Waals surface area contributed by atoms with Gasteiger partial charge in [-0.05, 0) is 30.0 Å². The van der Waals surface area contributed by atoms with Crippen LogP contribution in [0.25, 0.3) is 0 Å². The Balaban J connectivity index is 2.52. The Hall–Kier alpha value is -1.71. The van der Waals surface area contributed by atoms with Gasteiger partial charge in [0, 0.05) is 6.54 Å².